The third-order valence-corrected chi connectivity index (χ3v) is 4.14. The Hall–Kier alpha value is -1.59. The van der Waals surface area contributed by atoms with Gasteiger partial charge in [0.2, 0.25) is 0 Å². The number of amidine groups is 1. The first-order valence-corrected chi connectivity index (χ1v) is 7.61. The molecule has 1 fully saturated rings. The van der Waals surface area contributed by atoms with Crippen LogP contribution in [-0.4, -0.2) is 41.6 Å². The van der Waals surface area contributed by atoms with Crippen molar-refractivity contribution in [2.24, 2.45) is 16.8 Å². The molecular weight excluding hydrogens is 264 g/mol. The summed E-state index contributed by atoms with van der Waals surface area (Å²) in [6, 6.07) is 8.43. The number of likely N-dealkylation sites (tertiary alicyclic amines) is 1. The zero-order valence-electron chi connectivity index (χ0n) is 12.9. The van der Waals surface area contributed by atoms with Gasteiger partial charge in [0.25, 0.3) is 0 Å². The van der Waals surface area contributed by atoms with Crippen LogP contribution in [0.2, 0.25) is 0 Å². The van der Waals surface area contributed by atoms with Crippen molar-refractivity contribution >= 4 is 5.84 Å². The third-order valence-electron chi connectivity index (χ3n) is 4.14. The Bertz CT molecular complexity index is 487. The monoisotopic (exact) mass is 290 g/mol. The highest BCUT2D eigenvalue weighted by atomic mass is 16.4. The Balaban J connectivity index is 1.79. The summed E-state index contributed by atoms with van der Waals surface area (Å²) in [4.78, 5) is 2.53. The third kappa shape index (κ3) is 4.44. The number of rotatable bonds is 6. The maximum absolute atomic E-state index is 8.71. The van der Waals surface area contributed by atoms with Crippen molar-refractivity contribution in [1.82, 2.24) is 10.2 Å². The molecule has 1 unspecified atom stereocenters. The van der Waals surface area contributed by atoms with E-state index in [1.54, 1.807) is 0 Å². The lowest BCUT2D eigenvalue weighted by atomic mass is 10.1. The van der Waals surface area contributed by atoms with Crippen molar-refractivity contribution < 1.29 is 5.21 Å². The second-order valence-corrected chi connectivity index (χ2v) is 6.06. The van der Waals surface area contributed by atoms with Crippen LogP contribution in [0.1, 0.15) is 31.4 Å². The van der Waals surface area contributed by atoms with Gasteiger partial charge in [-0.05, 0) is 50.9 Å². The van der Waals surface area contributed by atoms with E-state index in [9.17, 15) is 0 Å². The van der Waals surface area contributed by atoms with Gasteiger partial charge in [-0.15, -0.1) is 0 Å². The van der Waals surface area contributed by atoms with Crippen LogP contribution in [0, 0.1) is 5.92 Å². The van der Waals surface area contributed by atoms with Gasteiger partial charge in [-0.25, -0.2) is 0 Å². The molecule has 0 aliphatic carbocycles. The molecule has 0 saturated carbocycles. The summed E-state index contributed by atoms with van der Waals surface area (Å²) < 4.78 is 0. The maximum atomic E-state index is 8.71. The summed E-state index contributed by atoms with van der Waals surface area (Å²) in [5.41, 5.74) is 7.51. The lowest BCUT2D eigenvalue weighted by Gasteiger charge is -2.20. The summed E-state index contributed by atoms with van der Waals surface area (Å²) in [5.74, 6) is 0.889. The molecule has 1 heterocycles. The van der Waals surface area contributed by atoms with Crippen LogP contribution in [0.25, 0.3) is 0 Å². The Labute approximate surface area is 126 Å². The first-order valence-electron chi connectivity index (χ1n) is 7.61. The summed E-state index contributed by atoms with van der Waals surface area (Å²) in [7, 11) is 0. The van der Waals surface area contributed by atoms with Crippen LogP contribution >= 0.6 is 0 Å². The van der Waals surface area contributed by atoms with E-state index in [1.807, 2.05) is 18.2 Å². The minimum atomic E-state index is 0.153. The standard InChI is InChI=1S/C16H26N4O/c1-12(2)20-7-6-14(11-20)10-18-9-13-4-3-5-15(8-13)16(17)19-21/h3-5,8,12,14,18,21H,6-7,9-11H2,1-2H3,(H2,17,19). The van der Waals surface area contributed by atoms with E-state index in [1.165, 1.54) is 19.5 Å². The average Bonchev–Trinajstić information content (AvgIpc) is 2.96. The molecule has 0 radical (unpaired) electrons. The summed E-state index contributed by atoms with van der Waals surface area (Å²) in [5, 5.41) is 15.3. The molecule has 21 heavy (non-hydrogen) atoms. The number of nitrogens with one attached hydrogen (secondary N) is 1. The topological polar surface area (TPSA) is 73.9 Å². The van der Waals surface area contributed by atoms with Gasteiger partial charge < -0.3 is 21.2 Å². The van der Waals surface area contributed by atoms with Gasteiger partial charge in [0.05, 0.1) is 0 Å². The highest BCUT2D eigenvalue weighted by Crippen LogP contribution is 2.17. The highest BCUT2D eigenvalue weighted by Gasteiger charge is 2.23. The highest BCUT2D eigenvalue weighted by molar-refractivity contribution is 5.97. The van der Waals surface area contributed by atoms with E-state index in [0.29, 0.717) is 6.04 Å². The number of benzene rings is 1. The van der Waals surface area contributed by atoms with Gasteiger partial charge in [0, 0.05) is 24.7 Å². The zero-order chi connectivity index (χ0) is 15.2. The summed E-state index contributed by atoms with van der Waals surface area (Å²) in [6.07, 6.45) is 1.27. The molecule has 1 aliphatic rings. The number of hydrogen-bond acceptors (Lipinski definition) is 4. The molecule has 0 amide bonds. The number of nitrogens with two attached hydrogens (primary N) is 1. The van der Waals surface area contributed by atoms with E-state index in [2.05, 4.69) is 35.3 Å². The fourth-order valence-electron chi connectivity index (χ4n) is 2.82. The minimum Gasteiger partial charge on any atom is -0.409 e. The van der Waals surface area contributed by atoms with Crippen molar-refractivity contribution in [1.29, 1.82) is 0 Å². The molecule has 5 nitrogen and oxygen atoms in total. The maximum Gasteiger partial charge on any atom is 0.170 e. The van der Waals surface area contributed by atoms with E-state index >= 15 is 0 Å². The van der Waals surface area contributed by atoms with Gasteiger partial charge >= 0.3 is 0 Å². The van der Waals surface area contributed by atoms with E-state index in [-0.39, 0.29) is 5.84 Å². The van der Waals surface area contributed by atoms with Crippen LogP contribution in [0.5, 0.6) is 0 Å². The molecule has 116 valence electrons. The SMILES string of the molecule is CC(C)N1CCC(CNCc2cccc(C(N)=NO)c2)C1. The molecule has 0 bridgehead atoms. The van der Waals surface area contributed by atoms with Crippen molar-refractivity contribution in [3.05, 3.63) is 35.4 Å². The second kappa shape index (κ2) is 7.43. The van der Waals surface area contributed by atoms with Gasteiger partial charge in [-0.1, -0.05) is 23.4 Å². The molecule has 1 aromatic carbocycles. The minimum absolute atomic E-state index is 0.153. The molecule has 4 N–H and O–H groups in total. The van der Waals surface area contributed by atoms with E-state index in [4.69, 9.17) is 10.9 Å². The quantitative estimate of drug-likeness (QED) is 0.322. The van der Waals surface area contributed by atoms with Crippen LogP contribution in [0.15, 0.2) is 29.4 Å². The molecule has 2 rings (SSSR count). The largest absolute Gasteiger partial charge is 0.409 e. The molecular formula is C16H26N4O. The van der Waals surface area contributed by atoms with Crippen LogP contribution in [0.4, 0.5) is 0 Å². The normalized spacial score (nSPS) is 20.3. The van der Waals surface area contributed by atoms with Gasteiger partial charge in [0.1, 0.15) is 0 Å². The number of nitrogens with zero attached hydrogens (tertiary/aromatic N) is 2. The second-order valence-electron chi connectivity index (χ2n) is 6.06. The predicted octanol–water partition coefficient (Wildman–Crippen LogP) is 1.60. The van der Waals surface area contributed by atoms with Gasteiger partial charge in [0.15, 0.2) is 5.84 Å². The van der Waals surface area contributed by atoms with Gasteiger partial charge in [-0.2, -0.15) is 0 Å². The number of oxime groups is 1. The Morgan fingerprint density at radius 2 is 2.33 bits per heavy atom. The van der Waals surface area contributed by atoms with Crippen molar-refractivity contribution in [2.75, 3.05) is 19.6 Å². The first kappa shape index (κ1) is 15.8. The first-order chi connectivity index (χ1) is 10.1. The predicted molar refractivity (Wildman–Crippen MR) is 85.5 cm³/mol. The van der Waals surface area contributed by atoms with Crippen molar-refractivity contribution in [3.8, 4) is 0 Å². The van der Waals surface area contributed by atoms with Crippen LogP contribution < -0.4 is 11.1 Å². The Kier molecular flexibility index (Phi) is 5.59. The average molecular weight is 290 g/mol. The van der Waals surface area contributed by atoms with E-state index in [0.717, 1.165) is 30.1 Å². The van der Waals surface area contributed by atoms with E-state index < -0.39 is 0 Å². The Morgan fingerprint density at radius 1 is 1.52 bits per heavy atom. The Morgan fingerprint density at radius 3 is 3.00 bits per heavy atom. The van der Waals surface area contributed by atoms with Crippen molar-refractivity contribution in [3.63, 3.8) is 0 Å². The molecule has 1 saturated heterocycles. The fourth-order valence-corrected chi connectivity index (χ4v) is 2.82. The van der Waals surface area contributed by atoms with Crippen molar-refractivity contribution in [2.45, 2.75) is 32.9 Å². The molecule has 1 atom stereocenters. The molecule has 5 heteroatoms. The fraction of sp³-hybridized carbons (Fsp3) is 0.562. The summed E-state index contributed by atoms with van der Waals surface area (Å²) in [6.45, 7) is 8.77. The zero-order valence-corrected chi connectivity index (χ0v) is 12.9. The molecule has 1 aromatic rings. The number of hydrogen-bond donors (Lipinski definition) is 3. The molecule has 0 aromatic heterocycles. The lowest BCUT2D eigenvalue weighted by molar-refractivity contribution is 0.264. The van der Waals surface area contributed by atoms with Crippen LogP contribution in [0.3, 0.4) is 0 Å². The summed E-state index contributed by atoms with van der Waals surface area (Å²) >= 11 is 0. The molecule has 1 aliphatic heterocycles. The van der Waals surface area contributed by atoms with Crippen LogP contribution in [-0.2, 0) is 6.54 Å². The smallest absolute Gasteiger partial charge is 0.170 e. The van der Waals surface area contributed by atoms with Gasteiger partial charge in [-0.3, -0.25) is 0 Å². The molecule has 0 spiro atoms. The lowest BCUT2D eigenvalue weighted by Crippen LogP contribution is -2.30.